The van der Waals surface area contributed by atoms with Gasteiger partial charge in [0.1, 0.15) is 0 Å². The number of hydrogen-bond acceptors (Lipinski definition) is 2. The Morgan fingerprint density at radius 2 is 0.920 bits per heavy atom. The molecule has 0 saturated heterocycles. The van der Waals surface area contributed by atoms with Crippen LogP contribution in [0.4, 0.5) is 0 Å². The lowest BCUT2D eigenvalue weighted by molar-refractivity contribution is -0.471. The quantitative estimate of drug-likeness (QED) is 0.199. The van der Waals surface area contributed by atoms with Crippen molar-refractivity contribution in [2.24, 2.45) is 0 Å². The zero-order valence-corrected chi connectivity index (χ0v) is 18.5. The summed E-state index contributed by atoms with van der Waals surface area (Å²) in [6.07, 6.45) is 9.84. The molecule has 5 nitrogen and oxygen atoms in total. The maximum absolute atomic E-state index is 3.63. The van der Waals surface area contributed by atoms with E-state index in [9.17, 15) is 0 Å². The third-order valence-corrected chi connectivity index (χ3v) is 4.10. The highest BCUT2D eigenvalue weighted by Crippen LogP contribution is 1.98. The second-order valence-corrected chi connectivity index (χ2v) is 6.85. The van der Waals surface area contributed by atoms with Crippen LogP contribution >= 0.6 is 0 Å². The number of hydrogen-bond donors (Lipinski definition) is 2. The Hall–Kier alpha value is -0.520. The van der Waals surface area contributed by atoms with Gasteiger partial charge in [0.25, 0.3) is 0 Å². The molecule has 0 bridgehead atoms. The van der Waals surface area contributed by atoms with E-state index in [0.717, 1.165) is 32.1 Å². The molecule has 0 aliphatic carbocycles. The molecule has 0 spiro atoms. The van der Waals surface area contributed by atoms with Gasteiger partial charge in [-0.05, 0) is 25.7 Å². The van der Waals surface area contributed by atoms with Crippen LogP contribution in [0.15, 0.2) is 0 Å². The second-order valence-electron chi connectivity index (χ2n) is 6.85. The Bertz CT molecular complexity index is 279. The lowest BCUT2D eigenvalue weighted by Gasteiger charge is -2.25. The summed E-state index contributed by atoms with van der Waals surface area (Å²) in [4.78, 5) is 0. The highest BCUT2D eigenvalue weighted by Gasteiger charge is 2.18. The molecule has 0 aromatic rings. The molecule has 152 valence electrons. The van der Waals surface area contributed by atoms with E-state index in [-0.39, 0.29) is 12.4 Å². The van der Waals surface area contributed by atoms with E-state index >= 15 is 0 Å². The lowest BCUT2D eigenvalue weighted by atomic mass is 10.3. The van der Waals surface area contributed by atoms with E-state index in [0.29, 0.717) is 0 Å². The first-order valence-electron chi connectivity index (χ1n) is 10.2. The van der Waals surface area contributed by atoms with E-state index in [1.165, 1.54) is 51.4 Å². The van der Waals surface area contributed by atoms with E-state index in [1.807, 2.05) is 0 Å². The molecule has 0 rings (SSSR count). The molecule has 0 atom stereocenters. The van der Waals surface area contributed by atoms with E-state index in [2.05, 4.69) is 67.2 Å². The Morgan fingerprint density at radius 3 is 1.12 bits per heavy atom. The summed E-state index contributed by atoms with van der Waals surface area (Å²) in [5.74, 6) is 1.08. The van der Waals surface area contributed by atoms with Gasteiger partial charge in [-0.1, -0.05) is 53.4 Å². The fourth-order valence-corrected chi connectivity index (χ4v) is 2.37. The minimum absolute atomic E-state index is 0. The maximum Gasteiger partial charge on any atom is 0.380 e. The number of nitrogens with one attached hydrogen (secondary N) is 2. The molecule has 0 radical (unpaired) electrons. The largest absolute Gasteiger partial charge is 1.00 e. The van der Waals surface area contributed by atoms with Crippen molar-refractivity contribution in [2.75, 3.05) is 40.3 Å². The molecule has 25 heavy (non-hydrogen) atoms. The summed E-state index contributed by atoms with van der Waals surface area (Å²) >= 11 is 0. The van der Waals surface area contributed by atoms with Crippen molar-refractivity contribution < 1.29 is 17.0 Å². The summed E-state index contributed by atoms with van der Waals surface area (Å²) in [7, 11) is 4.20. The SMILES string of the molecule is CCCCN(CCCC)NC(NN(CCCC)CCCC)=[N+](C)C.[Cl-]. The fraction of sp³-hybridized carbons (Fsp3) is 0.947. The summed E-state index contributed by atoms with van der Waals surface area (Å²) < 4.78 is 2.15. The monoisotopic (exact) mass is 377 g/mol. The first-order chi connectivity index (χ1) is 11.6. The van der Waals surface area contributed by atoms with Crippen LogP contribution in [-0.2, 0) is 0 Å². The van der Waals surface area contributed by atoms with Gasteiger partial charge < -0.3 is 12.4 Å². The first kappa shape index (κ1) is 26.7. The minimum atomic E-state index is 0. The molecular formula is C19H44ClN5. The number of halogens is 1. The van der Waals surface area contributed by atoms with Crippen LogP contribution in [0.3, 0.4) is 0 Å². The van der Waals surface area contributed by atoms with Gasteiger partial charge in [0, 0.05) is 26.2 Å². The van der Waals surface area contributed by atoms with Crippen molar-refractivity contribution in [3.63, 3.8) is 0 Å². The molecule has 0 amide bonds. The van der Waals surface area contributed by atoms with Crippen LogP contribution in [-0.4, -0.2) is 60.8 Å². The molecule has 0 aromatic carbocycles. The normalized spacial score (nSPS) is 10.7. The van der Waals surface area contributed by atoms with Crippen molar-refractivity contribution in [3.8, 4) is 0 Å². The summed E-state index contributed by atoms with van der Waals surface area (Å²) in [5, 5.41) is 4.74. The highest BCUT2D eigenvalue weighted by molar-refractivity contribution is 5.73. The Labute approximate surface area is 163 Å². The number of unbranched alkanes of at least 4 members (excludes halogenated alkanes) is 4. The Morgan fingerprint density at radius 1 is 0.640 bits per heavy atom. The van der Waals surface area contributed by atoms with E-state index < -0.39 is 0 Å². The van der Waals surface area contributed by atoms with Gasteiger partial charge in [0.05, 0.1) is 14.1 Å². The van der Waals surface area contributed by atoms with E-state index in [1.54, 1.807) is 0 Å². The first-order valence-corrected chi connectivity index (χ1v) is 10.2. The number of nitrogens with zero attached hydrogens (tertiary/aromatic N) is 3. The molecule has 6 heteroatoms. The van der Waals surface area contributed by atoms with Crippen molar-refractivity contribution in [3.05, 3.63) is 0 Å². The number of guanidine groups is 1. The standard InChI is InChI=1S/C19H43N5.ClH/c1-7-11-15-23(16-12-8-2)20-19(22(5)6)21-24(17-13-9-3)18-14-10-4;/h7-18H2,1-6H3,(H,20,21);1H. The zero-order chi connectivity index (χ0) is 18.2. The molecule has 0 fully saturated rings. The Kier molecular flexibility index (Phi) is 19.5. The summed E-state index contributed by atoms with van der Waals surface area (Å²) in [6, 6.07) is 0. The van der Waals surface area contributed by atoms with Crippen LogP contribution in [0.2, 0.25) is 0 Å². The van der Waals surface area contributed by atoms with E-state index in [4.69, 9.17) is 0 Å². The molecule has 0 aromatic heterocycles. The van der Waals surface area contributed by atoms with Crippen LogP contribution in [0.5, 0.6) is 0 Å². The van der Waals surface area contributed by atoms with Crippen molar-refractivity contribution >= 4 is 5.96 Å². The predicted molar refractivity (Wildman–Crippen MR) is 106 cm³/mol. The molecule has 0 heterocycles. The highest BCUT2D eigenvalue weighted by atomic mass is 35.5. The van der Waals surface area contributed by atoms with Crippen molar-refractivity contribution in [1.82, 2.24) is 20.9 Å². The predicted octanol–water partition coefficient (Wildman–Crippen LogP) is 0.432. The molecule has 0 aliphatic rings. The average molecular weight is 378 g/mol. The number of hydrazine groups is 2. The van der Waals surface area contributed by atoms with Crippen LogP contribution in [0.25, 0.3) is 0 Å². The van der Waals surface area contributed by atoms with Crippen LogP contribution < -0.4 is 23.3 Å². The third kappa shape index (κ3) is 14.3. The summed E-state index contributed by atoms with van der Waals surface area (Å²) in [6.45, 7) is 13.4. The summed E-state index contributed by atoms with van der Waals surface area (Å²) in [5.41, 5.74) is 7.26. The van der Waals surface area contributed by atoms with Gasteiger partial charge in [0.15, 0.2) is 0 Å². The zero-order valence-electron chi connectivity index (χ0n) is 17.7. The van der Waals surface area contributed by atoms with Crippen molar-refractivity contribution in [2.45, 2.75) is 79.1 Å². The van der Waals surface area contributed by atoms with Gasteiger partial charge in [-0.3, -0.25) is 4.58 Å². The van der Waals surface area contributed by atoms with Crippen molar-refractivity contribution in [1.29, 1.82) is 0 Å². The topological polar surface area (TPSA) is 33.5 Å². The minimum Gasteiger partial charge on any atom is -1.00 e. The van der Waals surface area contributed by atoms with Gasteiger partial charge in [0.2, 0.25) is 0 Å². The van der Waals surface area contributed by atoms with Crippen LogP contribution in [0.1, 0.15) is 79.1 Å². The fourth-order valence-electron chi connectivity index (χ4n) is 2.37. The average Bonchev–Trinajstić information content (AvgIpc) is 2.58. The molecule has 0 aliphatic heterocycles. The smallest absolute Gasteiger partial charge is 0.380 e. The maximum atomic E-state index is 3.63. The van der Waals surface area contributed by atoms with Gasteiger partial charge >= 0.3 is 5.96 Å². The lowest BCUT2D eigenvalue weighted by Crippen LogP contribution is -3.00. The Balaban J connectivity index is 0. The van der Waals surface area contributed by atoms with Gasteiger partial charge in [-0.2, -0.15) is 10.0 Å². The number of rotatable bonds is 14. The molecule has 2 N–H and O–H groups in total. The second kappa shape index (κ2) is 18.3. The van der Waals surface area contributed by atoms with Crippen LogP contribution in [0, 0.1) is 0 Å². The molecule has 0 unspecified atom stereocenters. The van der Waals surface area contributed by atoms with Gasteiger partial charge in [-0.15, -0.1) is 0 Å². The van der Waals surface area contributed by atoms with Gasteiger partial charge in [-0.25, -0.2) is 10.9 Å². The molecular weight excluding hydrogens is 334 g/mol. The third-order valence-electron chi connectivity index (χ3n) is 4.10. The molecule has 0 saturated carbocycles.